The quantitative estimate of drug-likeness (QED) is 0.392. The molecule has 0 aliphatic heterocycles. The lowest BCUT2D eigenvalue weighted by atomic mass is 10.0. The lowest BCUT2D eigenvalue weighted by Crippen LogP contribution is -2.11. The maximum Gasteiger partial charge on any atom is 0.267 e. The number of halogens is 1. The number of thiazole rings is 1. The van der Waals surface area contributed by atoms with Gasteiger partial charge in [0.15, 0.2) is 0 Å². The molecule has 0 spiro atoms. The summed E-state index contributed by atoms with van der Waals surface area (Å²) < 4.78 is 7.07. The second-order valence-corrected chi connectivity index (χ2v) is 8.87. The van der Waals surface area contributed by atoms with Gasteiger partial charge < -0.3 is 10.1 Å². The van der Waals surface area contributed by atoms with Crippen molar-refractivity contribution in [2.75, 3.05) is 12.4 Å². The Bertz CT molecular complexity index is 1260. The second kappa shape index (κ2) is 9.14. The zero-order valence-electron chi connectivity index (χ0n) is 18.3. The maximum atomic E-state index is 12.8. The van der Waals surface area contributed by atoms with E-state index in [-0.39, 0.29) is 5.91 Å². The Morgan fingerprint density at radius 2 is 1.75 bits per heavy atom. The number of carbonyl (C=O) groups excluding carboxylic acids is 1. The number of aryl methyl sites for hydroxylation is 2. The number of nitrogens with zero attached hydrogens (tertiary/aromatic N) is 3. The summed E-state index contributed by atoms with van der Waals surface area (Å²) >= 11 is 7.25. The number of carbonyl (C=O) groups is 1. The molecule has 0 bridgehead atoms. The molecule has 4 aromatic rings. The van der Waals surface area contributed by atoms with Crippen LogP contribution in [0.25, 0.3) is 5.13 Å². The summed E-state index contributed by atoms with van der Waals surface area (Å²) in [5.74, 6) is 0.633. The van der Waals surface area contributed by atoms with Gasteiger partial charge in [0, 0.05) is 28.4 Å². The van der Waals surface area contributed by atoms with Gasteiger partial charge in [-0.25, -0.2) is 9.67 Å². The average molecular weight is 467 g/mol. The van der Waals surface area contributed by atoms with E-state index in [2.05, 4.69) is 22.4 Å². The van der Waals surface area contributed by atoms with E-state index in [0.29, 0.717) is 26.4 Å². The molecule has 0 atom stereocenters. The van der Waals surface area contributed by atoms with Crippen LogP contribution in [0.5, 0.6) is 5.75 Å². The highest BCUT2D eigenvalue weighted by Gasteiger charge is 2.20. The van der Waals surface area contributed by atoms with Crippen molar-refractivity contribution in [3.63, 3.8) is 0 Å². The van der Waals surface area contributed by atoms with Crippen molar-refractivity contribution in [3.8, 4) is 10.9 Å². The van der Waals surface area contributed by atoms with E-state index in [1.54, 1.807) is 31.4 Å². The summed E-state index contributed by atoms with van der Waals surface area (Å²) in [6, 6.07) is 15.0. The standard InChI is InChI=1S/C24H23ClN4O2S/c1-14-21(13-17-5-11-20(31-4)12-6-17)16(3)29(28-14)24-26-15(2)22(32-24)23(30)27-19-9-7-18(25)8-10-19/h5-12H,13H2,1-4H3,(H,27,30). The van der Waals surface area contributed by atoms with Gasteiger partial charge >= 0.3 is 0 Å². The fourth-order valence-electron chi connectivity index (χ4n) is 3.47. The van der Waals surface area contributed by atoms with Crippen LogP contribution in [-0.4, -0.2) is 27.8 Å². The molecule has 32 heavy (non-hydrogen) atoms. The van der Waals surface area contributed by atoms with Crippen LogP contribution in [0.15, 0.2) is 48.5 Å². The van der Waals surface area contributed by atoms with Gasteiger partial charge in [-0.2, -0.15) is 5.10 Å². The van der Waals surface area contributed by atoms with E-state index in [0.717, 1.165) is 29.1 Å². The lowest BCUT2D eigenvalue weighted by molar-refractivity contribution is 0.103. The Morgan fingerprint density at radius 3 is 2.41 bits per heavy atom. The molecule has 1 amide bonds. The highest BCUT2D eigenvalue weighted by molar-refractivity contribution is 7.16. The zero-order valence-corrected chi connectivity index (χ0v) is 19.8. The number of hydrogen-bond donors (Lipinski definition) is 1. The molecule has 0 fully saturated rings. The Hall–Kier alpha value is -3.16. The van der Waals surface area contributed by atoms with E-state index < -0.39 is 0 Å². The molecule has 2 heterocycles. The third kappa shape index (κ3) is 4.54. The number of methoxy groups -OCH3 is 1. The fraction of sp³-hybridized carbons (Fsp3) is 0.208. The second-order valence-electron chi connectivity index (χ2n) is 7.46. The Labute approximate surface area is 195 Å². The monoisotopic (exact) mass is 466 g/mol. The molecule has 8 heteroatoms. The third-order valence-electron chi connectivity index (χ3n) is 5.26. The molecule has 4 rings (SSSR count). The first-order valence-corrected chi connectivity index (χ1v) is 11.3. The highest BCUT2D eigenvalue weighted by Crippen LogP contribution is 2.27. The molecule has 6 nitrogen and oxygen atoms in total. The minimum Gasteiger partial charge on any atom is -0.497 e. The number of nitrogens with one attached hydrogen (secondary N) is 1. The minimum atomic E-state index is -0.200. The van der Waals surface area contributed by atoms with Gasteiger partial charge in [-0.05, 0) is 62.7 Å². The number of amides is 1. The molecule has 2 aromatic heterocycles. The van der Waals surface area contributed by atoms with Crippen molar-refractivity contribution in [2.24, 2.45) is 0 Å². The van der Waals surface area contributed by atoms with Crippen LogP contribution in [0.2, 0.25) is 5.02 Å². The molecule has 0 aliphatic carbocycles. The molecule has 0 radical (unpaired) electrons. The van der Waals surface area contributed by atoms with Gasteiger partial charge in [0.2, 0.25) is 5.13 Å². The van der Waals surface area contributed by atoms with Gasteiger partial charge in [-0.3, -0.25) is 4.79 Å². The molecule has 0 saturated carbocycles. The number of hydrogen-bond acceptors (Lipinski definition) is 5. The smallest absolute Gasteiger partial charge is 0.267 e. The van der Waals surface area contributed by atoms with Crippen LogP contribution in [0, 0.1) is 20.8 Å². The van der Waals surface area contributed by atoms with E-state index in [4.69, 9.17) is 21.4 Å². The number of benzene rings is 2. The molecule has 1 N–H and O–H groups in total. The minimum absolute atomic E-state index is 0.200. The Morgan fingerprint density at radius 1 is 1.06 bits per heavy atom. The van der Waals surface area contributed by atoms with E-state index in [9.17, 15) is 4.79 Å². The van der Waals surface area contributed by atoms with Gasteiger partial charge in [-0.1, -0.05) is 35.1 Å². The fourth-order valence-corrected chi connectivity index (χ4v) is 4.56. The van der Waals surface area contributed by atoms with Gasteiger partial charge in [0.1, 0.15) is 10.6 Å². The van der Waals surface area contributed by atoms with Crippen LogP contribution in [0.3, 0.4) is 0 Å². The summed E-state index contributed by atoms with van der Waals surface area (Å²) in [5.41, 5.74) is 5.63. The van der Waals surface area contributed by atoms with Gasteiger partial charge in [-0.15, -0.1) is 0 Å². The van der Waals surface area contributed by atoms with E-state index >= 15 is 0 Å². The third-order valence-corrected chi connectivity index (χ3v) is 6.64. The predicted molar refractivity (Wildman–Crippen MR) is 129 cm³/mol. The lowest BCUT2D eigenvalue weighted by Gasteiger charge is -2.05. The van der Waals surface area contributed by atoms with E-state index in [1.165, 1.54) is 16.9 Å². The van der Waals surface area contributed by atoms with Crippen molar-refractivity contribution in [3.05, 3.63) is 86.6 Å². The first-order chi connectivity index (χ1) is 15.4. The summed E-state index contributed by atoms with van der Waals surface area (Å²) in [5, 5.41) is 8.90. The Balaban J connectivity index is 1.58. The molecule has 0 unspecified atom stereocenters. The molecular weight excluding hydrogens is 444 g/mol. The van der Waals surface area contributed by atoms with Crippen LogP contribution >= 0.6 is 22.9 Å². The molecule has 0 saturated heterocycles. The van der Waals surface area contributed by atoms with Crippen LogP contribution in [0.1, 0.15) is 37.9 Å². The zero-order chi connectivity index (χ0) is 22.8. The number of aromatic nitrogens is 3. The van der Waals surface area contributed by atoms with Crippen molar-refractivity contribution in [1.29, 1.82) is 0 Å². The van der Waals surface area contributed by atoms with Crippen molar-refractivity contribution >= 4 is 34.5 Å². The number of rotatable bonds is 6. The first kappa shape index (κ1) is 22.0. The van der Waals surface area contributed by atoms with Gasteiger partial charge in [0.05, 0.1) is 18.5 Å². The maximum absolute atomic E-state index is 12.8. The largest absolute Gasteiger partial charge is 0.497 e. The topological polar surface area (TPSA) is 69.0 Å². The molecule has 2 aromatic carbocycles. The summed E-state index contributed by atoms with van der Waals surface area (Å²) in [4.78, 5) is 18.0. The van der Waals surface area contributed by atoms with E-state index in [1.807, 2.05) is 37.6 Å². The van der Waals surface area contributed by atoms with Crippen molar-refractivity contribution < 1.29 is 9.53 Å². The summed E-state index contributed by atoms with van der Waals surface area (Å²) in [7, 11) is 1.66. The van der Waals surface area contributed by atoms with Crippen molar-refractivity contribution in [2.45, 2.75) is 27.2 Å². The average Bonchev–Trinajstić information content (AvgIpc) is 3.30. The SMILES string of the molecule is COc1ccc(Cc2c(C)nn(-c3nc(C)c(C(=O)Nc4ccc(Cl)cc4)s3)c2C)cc1. The first-order valence-electron chi connectivity index (χ1n) is 10.1. The summed E-state index contributed by atoms with van der Waals surface area (Å²) in [6.07, 6.45) is 0.760. The number of ether oxygens (including phenoxy) is 1. The summed E-state index contributed by atoms with van der Waals surface area (Å²) in [6.45, 7) is 5.86. The Kier molecular flexibility index (Phi) is 6.30. The normalized spacial score (nSPS) is 10.9. The predicted octanol–water partition coefficient (Wildman–Crippen LogP) is 5.76. The highest BCUT2D eigenvalue weighted by atomic mass is 35.5. The van der Waals surface area contributed by atoms with Gasteiger partial charge in [0.25, 0.3) is 5.91 Å². The van der Waals surface area contributed by atoms with Crippen LogP contribution in [-0.2, 0) is 6.42 Å². The van der Waals surface area contributed by atoms with Crippen LogP contribution in [0.4, 0.5) is 5.69 Å². The molecular formula is C24H23ClN4O2S. The molecule has 164 valence electrons. The van der Waals surface area contributed by atoms with Crippen molar-refractivity contribution in [1.82, 2.24) is 14.8 Å². The van der Waals surface area contributed by atoms with Crippen LogP contribution < -0.4 is 10.1 Å². The number of anilines is 1. The molecule has 0 aliphatic rings.